The van der Waals surface area contributed by atoms with E-state index in [1.165, 1.54) is 0 Å². The molecule has 0 saturated heterocycles. The number of aliphatic hydroxyl groups excluding tert-OH is 1. The SMILES string of the molecule is O=C(O)CCCSC1=CC(O)CC=C1. The smallest absolute Gasteiger partial charge is 0.303 e. The number of thioether (sulfide) groups is 1. The molecular weight excluding hydrogens is 200 g/mol. The van der Waals surface area contributed by atoms with Crippen molar-refractivity contribution in [1.29, 1.82) is 0 Å². The van der Waals surface area contributed by atoms with Crippen molar-refractivity contribution in [2.24, 2.45) is 0 Å². The molecule has 0 aromatic heterocycles. The lowest BCUT2D eigenvalue weighted by Crippen LogP contribution is -2.04. The minimum absolute atomic E-state index is 0.215. The van der Waals surface area contributed by atoms with Crippen molar-refractivity contribution in [3.63, 3.8) is 0 Å². The maximum atomic E-state index is 10.2. The lowest BCUT2D eigenvalue weighted by Gasteiger charge is -2.10. The molecule has 1 atom stereocenters. The molecule has 0 amide bonds. The van der Waals surface area contributed by atoms with Crippen LogP contribution in [0.4, 0.5) is 0 Å². The van der Waals surface area contributed by atoms with Gasteiger partial charge in [0, 0.05) is 11.3 Å². The molecule has 0 spiro atoms. The zero-order chi connectivity index (χ0) is 10.4. The van der Waals surface area contributed by atoms with Crippen molar-refractivity contribution in [3.05, 3.63) is 23.1 Å². The van der Waals surface area contributed by atoms with Gasteiger partial charge in [0.05, 0.1) is 6.10 Å². The van der Waals surface area contributed by atoms with Crippen LogP contribution >= 0.6 is 11.8 Å². The highest BCUT2D eigenvalue weighted by atomic mass is 32.2. The highest BCUT2D eigenvalue weighted by Gasteiger charge is 2.05. The second kappa shape index (κ2) is 5.88. The molecule has 2 N–H and O–H groups in total. The molecule has 0 fully saturated rings. The second-order valence-corrected chi connectivity index (χ2v) is 4.29. The molecule has 0 bridgehead atoms. The Bertz CT molecular complexity index is 258. The van der Waals surface area contributed by atoms with Crippen LogP contribution in [0.25, 0.3) is 0 Å². The maximum Gasteiger partial charge on any atom is 0.303 e. The largest absolute Gasteiger partial charge is 0.481 e. The predicted octanol–water partition coefficient (Wildman–Crippen LogP) is 1.79. The molecular formula is C10H14O3S. The molecule has 0 aromatic rings. The first-order valence-electron chi connectivity index (χ1n) is 4.59. The molecule has 0 heterocycles. The number of allylic oxidation sites excluding steroid dienone is 1. The van der Waals surface area contributed by atoms with E-state index in [4.69, 9.17) is 5.11 Å². The molecule has 0 aliphatic heterocycles. The molecule has 78 valence electrons. The average Bonchev–Trinajstić information content (AvgIpc) is 2.12. The first kappa shape index (κ1) is 11.3. The summed E-state index contributed by atoms with van der Waals surface area (Å²) < 4.78 is 0. The molecule has 0 radical (unpaired) electrons. The Balaban J connectivity index is 2.18. The first-order chi connectivity index (χ1) is 6.68. The molecule has 1 aliphatic carbocycles. The van der Waals surface area contributed by atoms with Crippen molar-refractivity contribution in [2.45, 2.75) is 25.4 Å². The zero-order valence-electron chi connectivity index (χ0n) is 7.85. The Morgan fingerprint density at radius 1 is 1.64 bits per heavy atom. The minimum Gasteiger partial charge on any atom is -0.481 e. The van der Waals surface area contributed by atoms with Gasteiger partial charge in [0.1, 0.15) is 0 Å². The lowest BCUT2D eigenvalue weighted by molar-refractivity contribution is -0.137. The van der Waals surface area contributed by atoms with Gasteiger partial charge in [0.2, 0.25) is 0 Å². The van der Waals surface area contributed by atoms with Gasteiger partial charge in [-0.3, -0.25) is 4.79 Å². The topological polar surface area (TPSA) is 57.5 Å². The van der Waals surface area contributed by atoms with Crippen LogP contribution in [0.3, 0.4) is 0 Å². The van der Waals surface area contributed by atoms with E-state index in [0.29, 0.717) is 12.8 Å². The monoisotopic (exact) mass is 214 g/mol. The van der Waals surface area contributed by atoms with Gasteiger partial charge in [-0.2, -0.15) is 0 Å². The average molecular weight is 214 g/mol. The van der Waals surface area contributed by atoms with E-state index in [1.807, 2.05) is 18.2 Å². The van der Waals surface area contributed by atoms with Crippen LogP contribution in [0.2, 0.25) is 0 Å². The Morgan fingerprint density at radius 3 is 3.07 bits per heavy atom. The van der Waals surface area contributed by atoms with Crippen LogP contribution in [-0.2, 0) is 4.79 Å². The number of rotatable bonds is 5. The van der Waals surface area contributed by atoms with Crippen LogP contribution < -0.4 is 0 Å². The number of aliphatic hydroxyl groups is 1. The lowest BCUT2D eigenvalue weighted by atomic mass is 10.1. The number of carboxylic acids is 1. The van der Waals surface area contributed by atoms with Gasteiger partial charge in [-0.1, -0.05) is 12.2 Å². The Kier molecular flexibility index (Phi) is 4.76. The van der Waals surface area contributed by atoms with E-state index < -0.39 is 5.97 Å². The Hall–Kier alpha value is -0.740. The van der Waals surface area contributed by atoms with Crippen molar-refractivity contribution < 1.29 is 15.0 Å². The van der Waals surface area contributed by atoms with E-state index in [1.54, 1.807) is 11.8 Å². The van der Waals surface area contributed by atoms with E-state index in [9.17, 15) is 9.90 Å². The first-order valence-corrected chi connectivity index (χ1v) is 5.58. The number of hydrogen-bond acceptors (Lipinski definition) is 3. The summed E-state index contributed by atoms with van der Waals surface area (Å²) in [7, 11) is 0. The predicted molar refractivity (Wildman–Crippen MR) is 57.2 cm³/mol. The van der Waals surface area contributed by atoms with Gasteiger partial charge >= 0.3 is 5.97 Å². The minimum atomic E-state index is -0.751. The summed E-state index contributed by atoms with van der Waals surface area (Å²) in [6, 6.07) is 0. The molecule has 4 heteroatoms. The van der Waals surface area contributed by atoms with Crippen molar-refractivity contribution in [1.82, 2.24) is 0 Å². The summed E-state index contributed by atoms with van der Waals surface area (Å²) in [5.74, 6) is 0.0358. The third kappa shape index (κ3) is 4.48. The highest BCUT2D eigenvalue weighted by Crippen LogP contribution is 2.23. The molecule has 1 aliphatic rings. The van der Waals surface area contributed by atoms with E-state index in [2.05, 4.69) is 0 Å². The number of carboxylic acid groups (broad SMARTS) is 1. The van der Waals surface area contributed by atoms with Crippen molar-refractivity contribution in [2.75, 3.05) is 5.75 Å². The van der Waals surface area contributed by atoms with Gasteiger partial charge in [0.15, 0.2) is 0 Å². The summed E-state index contributed by atoms with van der Waals surface area (Å²) in [5.41, 5.74) is 0. The van der Waals surface area contributed by atoms with Crippen LogP contribution in [0.1, 0.15) is 19.3 Å². The van der Waals surface area contributed by atoms with E-state index in [0.717, 1.165) is 10.7 Å². The highest BCUT2D eigenvalue weighted by molar-refractivity contribution is 8.03. The molecule has 3 nitrogen and oxygen atoms in total. The van der Waals surface area contributed by atoms with E-state index >= 15 is 0 Å². The number of carbonyl (C=O) groups is 1. The zero-order valence-corrected chi connectivity index (χ0v) is 8.67. The summed E-state index contributed by atoms with van der Waals surface area (Å²) in [6.07, 6.45) is 6.91. The van der Waals surface area contributed by atoms with Gasteiger partial charge in [-0.05, 0) is 24.7 Å². The van der Waals surface area contributed by atoms with Gasteiger partial charge in [0.25, 0.3) is 0 Å². The Labute approximate surface area is 87.5 Å². The third-order valence-corrected chi connectivity index (χ3v) is 2.92. The van der Waals surface area contributed by atoms with Gasteiger partial charge in [-0.15, -0.1) is 11.8 Å². The summed E-state index contributed by atoms with van der Waals surface area (Å²) in [4.78, 5) is 11.3. The Morgan fingerprint density at radius 2 is 2.43 bits per heavy atom. The second-order valence-electron chi connectivity index (χ2n) is 3.12. The maximum absolute atomic E-state index is 10.2. The summed E-state index contributed by atoms with van der Waals surface area (Å²) in [5, 5.41) is 17.7. The van der Waals surface area contributed by atoms with Crippen LogP contribution in [0.15, 0.2) is 23.1 Å². The fourth-order valence-corrected chi connectivity index (χ4v) is 2.12. The standard InChI is InChI=1S/C10H14O3S/c11-8-3-1-4-9(7-8)14-6-2-5-10(12)13/h1,4,7-8,11H,2-3,5-6H2,(H,12,13). The molecule has 1 rings (SSSR count). The van der Waals surface area contributed by atoms with E-state index in [-0.39, 0.29) is 12.5 Å². The number of hydrogen-bond donors (Lipinski definition) is 2. The molecule has 14 heavy (non-hydrogen) atoms. The van der Waals surface area contributed by atoms with Crippen LogP contribution in [0.5, 0.6) is 0 Å². The fourth-order valence-electron chi connectivity index (χ4n) is 1.15. The normalized spacial score (nSPS) is 20.6. The quantitative estimate of drug-likeness (QED) is 0.685. The molecule has 0 aromatic carbocycles. The van der Waals surface area contributed by atoms with Crippen molar-refractivity contribution >= 4 is 17.7 Å². The molecule has 0 saturated carbocycles. The third-order valence-electron chi connectivity index (χ3n) is 1.82. The number of aliphatic carboxylic acids is 1. The van der Waals surface area contributed by atoms with Crippen LogP contribution in [0, 0.1) is 0 Å². The molecule has 1 unspecified atom stereocenters. The fraction of sp³-hybridized carbons (Fsp3) is 0.500. The summed E-state index contributed by atoms with van der Waals surface area (Å²) >= 11 is 1.59. The van der Waals surface area contributed by atoms with Crippen LogP contribution in [-0.4, -0.2) is 28.0 Å². The van der Waals surface area contributed by atoms with Gasteiger partial charge < -0.3 is 10.2 Å². The van der Waals surface area contributed by atoms with Gasteiger partial charge in [-0.25, -0.2) is 0 Å². The van der Waals surface area contributed by atoms with Crippen molar-refractivity contribution in [3.8, 4) is 0 Å². The summed E-state index contributed by atoms with van der Waals surface area (Å²) in [6.45, 7) is 0.